The Morgan fingerprint density at radius 1 is 1.04 bits per heavy atom. The predicted molar refractivity (Wildman–Crippen MR) is 105 cm³/mol. The molecule has 2 aliphatic rings. The van der Waals surface area contributed by atoms with Crippen molar-refractivity contribution >= 4 is 10.0 Å². The van der Waals surface area contributed by atoms with Gasteiger partial charge in [-0.2, -0.15) is 4.31 Å². The zero-order valence-corrected chi connectivity index (χ0v) is 17.2. The number of hydrogen-bond acceptors (Lipinski definition) is 5. The molecule has 0 aliphatic carbocycles. The van der Waals surface area contributed by atoms with Gasteiger partial charge in [-0.1, -0.05) is 32.9 Å². The van der Waals surface area contributed by atoms with Crippen molar-refractivity contribution < 1.29 is 22.6 Å². The van der Waals surface area contributed by atoms with Gasteiger partial charge in [0.2, 0.25) is 16.8 Å². The monoisotopic (exact) mass is 403 g/mol. The van der Waals surface area contributed by atoms with E-state index in [-0.39, 0.29) is 12.2 Å². The second-order valence-electron chi connectivity index (χ2n) is 8.12. The molecular formula is C21H25NO5S. The van der Waals surface area contributed by atoms with Crippen molar-refractivity contribution in [2.45, 2.75) is 50.2 Å². The Labute approximate surface area is 166 Å². The van der Waals surface area contributed by atoms with Crippen LogP contribution in [0.15, 0.2) is 47.4 Å². The third-order valence-electron chi connectivity index (χ3n) is 5.09. The molecule has 2 heterocycles. The average molecular weight is 404 g/mol. The van der Waals surface area contributed by atoms with Crippen LogP contribution in [-0.4, -0.2) is 32.3 Å². The van der Waals surface area contributed by atoms with Crippen LogP contribution >= 0.6 is 0 Å². The lowest BCUT2D eigenvalue weighted by molar-refractivity contribution is 0.120. The van der Waals surface area contributed by atoms with E-state index in [0.29, 0.717) is 35.1 Å². The van der Waals surface area contributed by atoms with Gasteiger partial charge >= 0.3 is 0 Å². The highest BCUT2D eigenvalue weighted by Gasteiger charge is 2.37. The zero-order chi connectivity index (χ0) is 19.9. The van der Waals surface area contributed by atoms with Crippen molar-refractivity contribution in [2.75, 3.05) is 13.3 Å². The Balaban J connectivity index is 1.55. The van der Waals surface area contributed by atoms with Crippen LogP contribution in [0, 0.1) is 0 Å². The van der Waals surface area contributed by atoms with Crippen molar-refractivity contribution in [3.8, 4) is 17.2 Å². The van der Waals surface area contributed by atoms with Crippen LogP contribution in [0.3, 0.4) is 0 Å². The van der Waals surface area contributed by atoms with Gasteiger partial charge in [-0.05, 0) is 41.7 Å². The number of rotatable bonds is 4. The number of sulfonamides is 1. The molecule has 2 aromatic rings. The Morgan fingerprint density at radius 2 is 1.75 bits per heavy atom. The lowest BCUT2D eigenvalue weighted by atomic mass is 9.87. The highest BCUT2D eigenvalue weighted by Crippen LogP contribution is 2.37. The molecule has 0 saturated carbocycles. The Bertz CT molecular complexity index is 963. The van der Waals surface area contributed by atoms with E-state index >= 15 is 0 Å². The van der Waals surface area contributed by atoms with Gasteiger partial charge in [0, 0.05) is 19.0 Å². The highest BCUT2D eigenvalue weighted by molar-refractivity contribution is 7.89. The molecule has 0 amide bonds. The molecule has 2 aliphatic heterocycles. The summed E-state index contributed by atoms with van der Waals surface area (Å²) in [7, 11) is -3.63. The maximum absolute atomic E-state index is 13.2. The van der Waals surface area contributed by atoms with Crippen LogP contribution in [0.1, 0.15) is 39.2 Å². The minimum absolute atomic E-state index is 0.0268. The molecule has 1 saturated heterocycles. The summed E-state index contributed by atoms with van der Waals surface area (Å²) in [4.78, 5) is 0.293. The van der Waals surface area contributed by atoms with Crippen LogP contribution in [-0.2, 0) is 15.4 Å². The first-order valence-electron chi connectivity index (χ1n) is 9.44. The molecule has 28 heavy (non-hydrogen) atoms. The number of hydrogen-bond donors (Lipinski definition) is 0. The summed E-state index contributed by atoms with van der Waals surface area (Å²) >= 11 is 0. The first kappa shape index (κ1) is 19.1. The van der Waals surface area contributed by atoms with Crippen LogP contribution in [0.4, 0.5) is 0 Å². The fraction of sp³-hybridized carbons (Fsp3) is 0.429. The molecule has 0 bridgehead atoms. The van der Waals surface area contributed by atoms with E-state index in [0.717, 1.165) is 12.0 Å². The number of benzene rings is 2. The van der Waals surface area contributed by atoms with Crippen LogP contribution in [0.2, 0.25) is 0 Å². The maximum Gasteiger partial charge on any atom is 0.246 e. The van der Waals surface area contributed by atoms with Crippen LogP contribution in [0.25, 0.3) is 0 Å². The third kappa shape index (κ3) is 3.56. The van der Waals surface area contributed by atoms with Gasteiger partial charge in [0.25, 0.3) is 0 Å². The summed E-state index contributed by atoms with van der Waals surface area (Å²) < 4.78 is 44.5. The van der Waals surface area contributed by atoms with Gasteiger partial charge < -0.3 is 14.2 Å². The number of nitrogens with zero attached hydrogens (tertiary/aromatic N) is 1. The van der Waals surface area contributed by atoms with E-state index in [4.69, 9.17) is 14.2 Å². The molecule has 0 N–H and O–H groups in total. The largest absolute Gasteiger partial charge is 0.474 e. The molecule has 0 spiro atoms. The van der Waals surface area contributed by atoms with Gasteiger partial charge in [0.05, 0.1) is 4.90 Å². The molecule has 0 aromatic heterocycles. The first-order chi connectivity index (χ1) is 13.2. The molecule has 1 fully saturated rings. The fourth-order valence-corrected chi connectivity index (χ4v) is 5.05. The molecule has 6 nitrogen and oxygen atoms in total. The Kier molecular flexibility index (Phi) is 4.75. The standard InChI is InChI=1S/C21H25NO5S/c1-21(2,3)15-6-9-17(10-7-15)28(23,24)22-12-4-5-20(22)27-16-8-11-18-19(13-16)26-14-25-18/h6-11,13,20H,4-5,12,14H2,1-3H3/t20-/m0/s1. The highest BCUT2D eigenvalue weighted by atomic mass is 32.2. The molecular weight excluding hydrogens is 378 g/mol. The van der Waals surface area contributed by atoms with Crippen molar-refractivity contribution in [1.82, 2.24) is 4.31 Å². The Morgan fingerprint density at radius 3 is 2.46 bits per heavy atom. The van der Waals surface area contributed by atoms with Crippen molar-refractivity contribution in [3.63, 3.8) is 0 Å². The van der Waals surface area contributed by atoms with Crippen molar-refractivity contribution in [3.05, 3.63) is 48.0 Å². The smallest absolute Gasteiger partial charge is 0.246 e. The van der Waals surface area contributed by atoms with Crippen LogP contribution < -0.4 is 14.2 Å². The van der Waals surface area contributed by atoms with Crippen LogP contribution in [0.5, 0.6) is 17.2 Å². The lowest BCUT2D eigenvalue weighted by Crippen LogP contribution is -2.39. The first-order valence-corrected chi connectivity index (χ1v) is 10.9. The van der Waals surface area contributed by atoms with E-state index in [1.165, 1.54) is 4.31 Å². The fourth-order valence-electron chi connectivity index (χ4n) is 3.47. The minimum Gasteiger partial charge on any atom is -0.474 e. The molecule has 2 aromatic carbocycles. The second-order valence-corrected chi connectivity index (χ2v) is 10.0. The van der Waals surface area contributed by atoms with Gasteiger partial charge in [-0.15, -0.1) is 0 Å². The summed E-state index contributed by atoms with van der Waals surface area (Å²) in [5.41, 5.74) is 1.07. The van der Waals surface area contributed by atoms with Crippen molar-refractivity contribution in [1.29, 1.82) is 0 Å². The average Bonchev–Trinajstić information content (AvgIpc) is 3.30. The third-order valence-corrected chi connectivity index (χ3v) is 7.00. The van der Waals surface area contributed by atoms with Gasteiger partial charge in [0.1, 0.15) is 5.75 Å². The van der Waals surface area contributed by atoms with Gasteiger partial charge in [-0.3, -0.25) is 0 Å². The summed E-state index contributed by atoms with van der Waals surface area (Å²) in [6.07, 6.45) is 0.870. The Hall–Kier alpha value is -2.25. The SMILES string of the molecule is CC(C)(C)c1ccc(S(=O)(=O)N2CCC[C@@H]2Oc2ccc3c(c2)OCO3)cc1. The molecule has 150 valence electrons. The summed E-state index contributed by atoms with van der Waals surface area (Å²) in [6, 6.07) is 12.4. The molecule has 0 radical (unpaired) electrons. The summed E-state index contributed by atoms with van der Waals surface area (Å²) in [6.45, 7) is 6.94. The maximum atomic E-state index is 13.2. The minimum atomic E-state index is -3.63. The van der Waals surface area contributed by atoms with E-state index in [1.807, 2.05) is 12.1 Å². The van der Waals surface area contributed by atoms with Crippen molar-refractivity contribution in [2.24, 2.45) is 0 Å². The van der Waals surface area contributed by atoms with Gasteiger partial charge in [0.15, 0.2) is 17.7 Å². The quantitative estimate of drug-likeness (QED) is 0.775. The molecule has 1 atom stereocenters. The lowest BCUT2D eigenvalue weighted by Gasteiger charge is -2.25. The summed E-state index contributed by atoms with van der Waals surface area (Å²) in [5, 5.41) is 0. The normalized spacial score (nSPS) is 19.8. The molecule has 0 unspecified atom stereocenters. The van der Waals surface area contributed by atoms with E-state index in [1.54, 1.807) is 30.3 Å². The molecule has 7 heteroatoms. The van der Waals surface area contributed by atoms with Gasteiger partial charge in [-0.25, -0.2) is 8.42 Å². The van der Waals surface area contributed by atoms with E-state index in [2.05, 4.69) is 20.8 Å². The van der Waals surface area contributed by atoms with E-state index in [9.17, 15) is 8.42 Å². The topological polar surface area (TPSA) is 65.1 Å². The second kappa shape index (κ2) is 6.97. The number of fused-ring (bicyclic) bond motifs is 1. The number of ether oxygens (including phenoxy) is 3. The summed E-state index contributed by atoms with van der Waals surface area (Å²) in [5.74, 6) is 1.85. The predicted octanol–water partition coefficient (Wildman–Crippen LogP) is 3.90. The molecule has 4 rings (SSSR count). The van der Waals surface area contributed by atoms with E-state index < -0.39 is 16.3 Å². The zero-order valence-electron chi connectivity index (χ0n) is 16.3.